The van der Waals surface area contributed by atoms with Gasteiger partial charge in [0, 0.05) is 12.7 Å². The molecule has 22 heavy (non-hydrogen) atoms. The highest BCUT2D eigenvalue weighted by atomic mass is 29.2. The summed E-state index contributed by atoms with van der Waals surface area (Å²) in [4.78, 5) is 10.8. The standard InChI is InChI=1S/C12H30O6Si4/c1-5-12(14)16-10-11(13)9-15-7-6-8-22(4,17-19)20-18-21(2)3/h5,11,13,21H,1,6-10,20H2,2-4,19H3. The number of rotatable bonds is 13. The SMILES string of the molecule is C=CC(=O)OCC(O)COCCC[Si](C)(O[SiH3])[SiH2]O[SiH](C)C. The molecule has 0 radical (unpaired) electrons. The van der Waals surface area contributed by atoms with Crippen LogP contribution >= 0.6 is 0 Å². The Balaban J connectivity index is 3.77. The van der Waals surface area contributed by atoms with Gasteiger partial charge in [0.15, 0.2) is 26.2 Å². The normalized spacial score (nSPS) is 16.0. The zero-order valence-corrected chi connectivity index (χ0v) is 19.7. The lowest BCUT2D eigenvalue weighted by Crippen LogP contribution is -2.44. The Hall–Kier alpha value is -0.0825. The maximum absolute atomic E-state index is 10.8. The van der Waals surface area contributed by atoms with E-state index in [0.29, 0.717) is 6.61 Å². The average Bonchev–Trinajstić information content (AvgIpc) is 2.50. The average molecular weight is 383 g/mol. The molecule has 6 nitrogen and oxygen atoms in total. The van der Waals surface area contributed by atoms with Crippen molar-refractivity contribution >= 4 is 42.6 Å². The monoisotopic (exact) mass is 382 g/mol. The van der Waals surface area contributed by atoms with Gasteiger partial charge in [0.1, 0.15) is 23.2 Å². The Morgan fingerprint density at radius 1 is 1.50 bits per heavy atom. The first-order valence-corrected chi connectivity index (χ1v) is 16.7. The molecule has 10 heteroatoms. The van der Waals surface area contributed by atoms with Crippen LogP contribution in [0.3, 0.4) is 0 Å². The molecule has 130 valence electrons. The van der Waals surface area contributed by atoms with Crippen LogP contribution in [0.5, 0.6) is 0 Å². The first-order valence-electron chi connectivity index (χ1n) is 7.54. The smallest absolute Gasteiger partial charge is 0.330 e. The minimum atomic E-state index is -1.61. The molecule has 0 aromatic rings. The summed E-state index contributed by atoms with van der Waals surface area (Å²) in [6.45, 7) is 10.6. The van der Waals surface area contributed by atoms with Crippen LogP contribution < -0.4 is 0 Å². The fourth-order valence-corrected chi connectivity index (χ4v) is 15.1. The summed E-state index contributed by atoms with van der Waals surface area (Å²) in [6.07, 6.45) is 1.19. The second kappa shape index (κ2) is 12.4. The molecule has 0 saturated carbocycles. The summed E-state index contributed by atoms with van der Waals surface area (Å²) in [6, 6.07) is 1.05. The minimum Gasteiger partial charge on any atom is -0.464 e. The summed E-state index contributed by atoms with van der Waals surface area (Å²) < 4.78 is 22.0. The number of hydrogen-bond acceptors (Lipinski definition) is 6. The van der Waals surface area contributed by atoms with Gasteiger partial charge in [-0.1, -0.05) is 6.58 Å². The maximum atomic E-state index is 10.8. The molecule has 0 heterocycles. The summed E-state index contributed by atoms with van der Waals surface area (Å²) in [5.74, 6) is -0.538. The van der Waals surface area contributed by atoms with Crippen molar-refractivity contribution < 1.29 is 27.6 Å². The van der Waals surface area contributed by atoms with E-state index in [4.69, 9.17) is 17.7 Å². The second-order valence-electron chi connectivity index (χ2n) is 5.68. The summed E-state index contributed by atoms with van der Waals surface area (Å²) in [7, 11) is -2.33. The van der Waals surface area contributed by atoms with Crippen molar-refractivity contribution in [3.63, 3.8) is 0 Å². The molecule has 0 fully saturated rings. The highest BCUT2D eigenvalue weighted by Crippen LogP contribution is 2.12. The van der Waals surface area contributed by atoms with Crippen molar-refractivity contribution in [3.05, 3.63) is 12.7 Å². The molecule has 0 aliphatic carbocycles. The van der Waals surface area contributed by atoms with Crippen LogP contribution in [-0.2, 0) is 22.5 Å². The van der Waals surface area contributed by atoms with Crippen LogP contribution in [-0.4, -0.2) is 73.6 Å². The topological polar surface area (TPSA) is 74.2 Å². The highest BCUT2D eigenvalue weighted by Gasteiger charge is 2.28. The molecule has 0 saturated heterocycles. The van der Waals surface area contributed by atoms with Gasteiger partial charge in [0.05, 0.1) is 6.61 Å². The molecule has 2 unspecified atom stereocenters. The van der Waals surface area contributed by atoms with Crippen molar-refractivity contribution in [2.45, 2.75) is 38.2 Å². The maximum Gasteiger partial charge on any atom is 0.330 e. The summed E-state index contributed by atoms with van der Waals surface area (Å²) in [5.41, 5.74) is 0. The van der Waals surface area contributed by atoms with Crippen molar-refractivity contribution in [1.29, 1.82) is 0 Å². The van der Waals surface area contributed by atoms with Gasteiger partial charge >= 0.3 is 5.97 Å². The van der Waals surface area contributed by atoms with E-state index in [-0.39, 0.29) is 13.2 Å². The van der Waals surface area contributed by atoms with Crippen LogP contribution in [0.2, 0.25) is 25.7 Å². The Morgan fingerprint density at radius 3 is 2.73 bits per heavy atom. The van der Waals surface area contributed by atoms with E-state index >= 15 is 0 Å². The van der Waals surface area contributed by atoms with Crippen LogP contribution in [0, 0.1) is 0 Å². The molecule has 0 aliphatic heterocycles. The lowest BCUT2D eigenvalue weighted by atomic mass is 10.4. The zero-order valence-electron chi connectivity index (χ0n) is 14.2. The van der Waals surface area contributed by atoms with Gasteiger partial charge < -0.3 is 22.8 Å². The molecular formula is C12H30O6Si4. The predicted octanol–water partition coefficient (Wildman–Crippen LogP) is -1.06. The number of hydrogen-bond donors (Lipinski definition) is 1. The Labute approximate surface area is 141 Å². The van der Waals surface area contributed by atoms with Crippen molar-refractivity contribution in [2.75, 3.05) is 19.8 Å². The van der Waals surface area contributed by atoms with E-state index in [1.807, 2.05) is 0 Å². The van der Waals surface area contributed by atoms with Gasteiger partial charge in [-0.3, -0.25) is 0 Å². The molecule has 0 aromatic carbocycles. The van der Waals surface area contributed by atoms with Gasteiger partial charge in [-0.15, -0.1) is 0 Å². The second-order valence-corrected chi connectivity index (χ2v) is 19.8. The first-order chi connectivity index (χ1) is 10.3. The number of ether oxygens (including phenoxy) is 2. The quantitative estimate of drug-likeness (QED) is 0.189. The molecule has 0 aromatic heterocycles. The number of aliphatic hydroxyl groups excluding tert-OH is 1. The van der Waals surface area contributed by atoms with Crippen molar-refractivity contribution in [1.82, 2.24) is 0 Å². The van der Waals surface area contributed by atoms with Crippen LogP contribution in [0.25, 0.3) is 0 Å². The molecule has 0 aliphatic rings. The number of carbonyl (C=O) groups is 1. The fraction of sp³-hybridized carbons (Fsp3) is 0.750. The van der Waals surface area contributed by atoms with Gasteiger partial charge in [-0.2, -0.15) is 0 Å². The van der Waals surface area contributed by atoms with Crippen LogP contribution in [0.15, 0.2) is 12.7 Å². The highest BCUT2D eigenvalue weighted by molar-refractivity contribution is 7.20. The van der Waals surface area contributed by atoms with E-state index in [0.717, 1.165) is 29.0 Å². The van der Waals surface area contributed by atoms with Crippen molar-refractivity contribution in [3.8, 4) is 0 Å². The van der Waals surface area contributed by atoms with Crippen LogP contribution in [0.1, 0.15) is 6.42 Å². The lowest BCUT2D eigenvalue weighted by Gasteiger charge is -2.26. The molecule has 0 bridgehead atoms. The Kier molecular flexibility index (Phi) is 12.3. The third kappa shape index (κ3) is 11.5. The van der Waals surface area contributed by atoms with Gasteiger partial charge in [0.2, 0.25) is 0 Å². The minimum absolute atomic E-state index is 0.0687. The van der Waals surface area contributed by atoms with E-state index in [9.17, 15) is 9.90 Å². The molecule has 1 N–H and O–H groups in total. The zero-order chi connectivity index (χ0) is 17.0. The van der Waals surface area contributed by atoms with Gasteiger partial charge in [-0.25, -0.2) is 4.79 Å². The molecule has 0 amide bonds. The molecular weight excluding hydrogens is 352 g/mol. The van der Waals surface area contributed by atoms with E-state index in [1.54, 1.807) is 0 Å². The van der Waals surface area contributed by atoms with Crippen molar-refractivity contribution in [2.24, 2.45) is 0 Å². The van der Waals surface area contributed by atoms with Gasteiger partial charge in [-0.05, 0) is 32.1 Å². The van der Waals surface area contributed by atoms with E-state index < -0.39 is 38.2 Å². The molecule has 2 atom stereocenters. The Bertz CT molecular complexity index is 331. The third-order valence-corrected chi connectivity index (χ3v) is 19.4. The Morgan fingerprint density at radius 2 is 2.18 bits per heavy atom. The summed E-state index contributed by atoms with van der Waals surface area (Å²) in [5, 5.41) is 9.59. The predicted molar refractivity (Wildman–Crippen MR) is 98.6 cm³/mol. The number of carbonyl (C=O) groups excluding carboxylic acids is 1. The third-order valence-electron chi connectivity index (χ3n) is 3.10. The van der Waals surface area contributed by atoms with Gasteiger partial charge in [0.25, 0.3) is 0 Å². The largest absolute Gasteiger partial charge is 0.464 e. The van der Waals surface area contributed by atoms with Crippen LogP contribution in [0.4, 0.5) is 0 Å². The lowest BCUT2D eigenvalue weighted by molar-refractivity contribution is -0.141. The molecule has 0 rings (SSSR count). The van der Waals surface area contributed by atoms with E-state index in [1.165, 1.54) is 0 Å². The first kappa shape index (κ1) is 21.9. The fourth-order valence-electron chi connectivity index (χ4n) is 1.63. The number of aliphatic hydroxyl groups is 1. The molecule has 0 spiro atoms. The van der Waals surface area contributed by atoms with E-state index in [2.05, 4.69) is 26.2 Å². The summed E-state index contributed by atoms with van der Waals surface area (Å²) >= 11 is 0. The number of esters is 1.